The summed E-state index contributed by atoms with van der Waals surface area (Å²) in [6, 6.07) is 12.2. The summed E-state index contributed by atoms with van der Waals surface area (Å²) in [5.74, 6) is -0.519. The van der Waals surface area contributed by atoms with Gasteiger partial charge < -0.3 is 9.64 Å². The van der Waals surface area contributed by atoms with Gasteiger partial charge in [0.15, 0.2) is 6.67 Å². The standard InChI is InChI=1S/C20H19N3O5/c1-28-16-7-2-13(3-8-16)11-21(14-4-5-14)12-22-18-9-6-15(23(26)27)10-17(18)19(24)20(22)25/h2-3,6-10,14H,4-5,11-12H2,1H3/p+1. The number of ketones is 1. The van der Waals surface area contributed by atoms with E-state index in [-0.39, 0.29) is 11.3 Å². The Labute approximate surface area is 161 Å². The normalized spacial score (nSPS) is 16.8. The van der Waals surface area contributed by atoms with E-state index in [1.165, 1.54) is 28.0 Å². The molecule has 1 unspecified atom stereocenters. The van der Waals surface area contributed by atoms with Crippen LogP contribution in [0.3, 0.4) is 0 Å². The number of anilines is 1. The third-order valence-electron chi connectivity index (χ3n) is 5.27. The van der Waals surface area contributed by atoms with Crippen LogP contribution in [0.1, 0.15) is 28.8 Å². The highest BCUT2D eigenvalue weighted by atomic mass is 16.6. The molecule has 1 amide bonds. The Bertz CT molecular complexity index is 953. The number of methoxy groups -OCH3 is 1. The van der Waals surface area contributed by atoms with Crippen molar-refractivity contribution >= 4 is 23.1 Å². The number of nitro groups is 1. The van der Waals surface area contributed by atoms with E-state index in [9.17, 15) is 19.7 Å². The molecule has 8 heteroatoms. The number of hydrogen-bond donors (Lipinski definition) is 1. The molecule has 2 aromatic rings. The molecule has 1 atom stereocenters. The lowest BCUT2D eigenvalue weighted by atomic mass is 10.1. The molecule has 1 fully saturated rings. The Morgan fingerprint density at radius 1 is 1.18 bits per heavy atom. The molecule has 8 nitrogen and oxygen atoms in total. The van der Waals surface area contributed by atoms with Gasteiger partial charge in [-0.2, -0.15) is 0 Å². The molecule has 1 aliphatic heterocycles. The van der Waals surface area contributed by atoms with Crippen LogP contribution < -0.4 is 14.5 Å². The second-order valence-corrected chi connectivity index (χ2v) is 7.14. The van der Waals surface area contributed by atoms with E-state index in [0.29, 0.717) is 18.4 Å². The van der Waals surface area contributed by atoms with Gasteiger partial charge in [-0.05, 0) is 30.3 Å². The van der Waals surface area contributed by atoms with Crippen LogP contribution in [0.4, 0.5) is 11.4 Å². The predicted molar refractivity (Wildman–Crippen MR) is 100 cm³/mol. The van der Waals surface area contributed by atoms with Crippen molar-refractivity contribution in [2.24, 2.45) is 0 Å². The molecule has 2 aliphatic rings. The first kappa shape index (κ1) is 18.1. The quantitative estimate of drug-likeness (QED) is 0.443. The molecule has 1 N–H and O–H groups in total. The maximum Gasteiger partial charge on any atom is 0.303 e. The van der Waals surface area contributed by atoms with Crippen LogP contribution in [0, 0.1) is 10.1 Å². The van der Waals surface area contributed by atoms with Gasteiger partial charge in [0.1, 0.15) is 12.3 Å². The molecular weight excluding hydrogens is 362 g/mol. The summed E-state index contributed by atoms with van der Waals surface area (Å²) < 4.78 is 5.19. The number of nitro benzene ring substituents is 1. The van der Waals surface area contributed by atoms with Crippen LogP contribution in [0.2, 0.25) is 0 Å². The van der Waals surface area contributed by atoms with Crippen molar-refractivity contribution in [1.82, 2.24) is 0 Å². The van der Waals surface area contributed by atoms with E-state index in [2.05, 4.69) is 0 Å². The molecule has 0 saturated heterocycles. The van der Waals surface area contributed by atoms with Crippen LogP contribution in [-0.4, -0.2) is 36.4 Å². The fourth-order valence-electron chi connectivity index (χ4n) is 3.59. The maximum atomic E-state index is 12.5. The van der Waals surface area contributed by atoms with Crippen molar-refractivity contribution in [2.75, 3.05) is 18.7 Å². The van der Waals surface area contributed by atoms with E-state index in [1.54, 1.807) is 7.11 Å². The van der Waals surface area contributed by atoms with Gasteiger partial charge >= 0.3 is 5.91 Å². The number of quaternary nitrogens is 1. The van der Waals surface area contributed by atoms with Crippen LogP contribution in [0.15, 0.2) is 42.5 Å². The Morgan fingerprint density at radius 3 is 2.50 bits per heavy atom. The van der Waals surface area contributed by atoms with Crippen LogP contribution in [0.25, 0.3) is 0 Å². The zero-order valence-corrected chi connectivity index (χ0v) is 15.4. The number of rotatable bonds is 7. The van der Waals surface area contributed by atoms with Gasteiger partial charge in [-0.25, -0.2) is 0 Å². The van der Waals surface area contributed by atoms with Gasteiger partial charge in [0, 0.05) is 30.5 Å². The lowest BCUT2D eigenvalue weighted by molar-refractivity contribution is -0.923. The number of hydrogen-bond acceptors (Lipinski definition) is 5. The fourth-order valence-corrected chi connectivity index (χ4v) is 3.59. The number of benzene rings is 2. The number of carbonyl (C=O) groups is 2. The largest absolute Gasteiger partial charge is 0.497 e. The number of amides is 1. The Balaban J connectivity index is 1.57. The predicted octanol–water partition coefficient (Wildman–Crippen LogP) is 1.34. The van der Waals surface area contributed by atoms with Crippen molar-refractivity contribution in [3.63, 3.8) is 0 Å². The molecule has 1 heterocycles. The Morgan fingerprint density at radius 2 is 1.89 bits per heavy atom. The van der Waals surface area contributed by atoms with Crippen LogP contribution in [0.5, 0.6) is 5.75 Å². The molecule has 1 saturated carbocycles. The van der Waals surface area contributed by atoms with Gasteiger partial charge in [0.05, 0.1) is 29.3 Å². The summed E-state index contributed by atoms with van der Waals surface area (Å²) in [6.45, 7) is 1.07. The highest BCUT2D eigenvalue weighted by Gasteiger charge is 2.42. The Hall–Kier alpha value is -3.26. The third kappa shape index (κ3) is 3.34. The van der Waals surface area contributed by atoms with Gasteiger partial charge in [-0.3, -0.25) is 24.6 Å². The lowest BCUT2D eigenvalue weighted by Crippen LogP contribution is -3.13. The number of nitrogens with one attached hydrogen (secondary N) is 1. The first-order valence-corrected chi connectivity index (χ1v) is 9.10. The van der Waals surface area contributed by atoms with Gasteiger partial charge in [0.2, 0.25) is 0 Å². The average molecular weight is 382 g/mol. The van der Waals surface area contributed by atoms with Crippen LogP contribution >= 0.6 is 0 Å². The number of nitrogens with zero attached hydrogens (tertiary/aromatic N) is 2. The van der Waals surface area contributed by atoms with E-state index < -0.39 is 16.6 Å². The van der Waals surface area contributed by atoms with Crippen molar-refractivity contribution in [1.29, 1.82) is 0 Å². The van der Waals surface area contributed by atoms with Crippen molar-refractivity contribution in [2.45, 2.75) is 25.4 Å². The van der Waals surface area contributed by atoms with E-state index in [0.717, 1.165) is 30.7 Å². The molecule has 0 bridgehead atoms. The molecule has 4 rings (SSSR count). The molecule has 0 aromatic heterocycles. The summed E-state index contributed by atoms with van der Waals surface area (Å²) in [7, 11) is 1.62. The lowest BCUT2D eigenvalue weighted by Gasteiger charge is -2.25. The van der Waals surface area contributed by atoms with Crippen molar-refractivity contribution in [3.8, 4) is 5.75 Å². The van der Waals surface area contributed by atoms with Crippen molar-refractivity contribution in [3.05, 3.63) is 63.7 Å². The summed E-state index contributed by atoms with van der Waals surface area (Å²) in [6.07, 6.45) is 2.16. The zero-order chi connectivity index (χ0) is 19.8. The first-order valence-electron chi connectivity index (χ1n) is 9.10. The monoisotopic (exact) mass is 382 g/mol. The van der Waals surface area contributed by atoms with Crippen molar-refractivity contribution < 1.29 is 24.1 Å². The topological polar surface area (TPSA) is 94.2 Å². The number of non-ortho nitro benzene ring substituents is 1. The minimum atomic E-state index is -0.682. The van der Waals surface area contributed by atoms with E-state index in [4.69, 9.17) is 4.74 Å². The van der Waals surface area contributed by atoms with Gasteiger partial charge in [-0.1, -0.05) is 0 Å². The van der Waals surface area contributed by atoms with Crippen LogP contribution in [-0.2, 0) is 11.3 Å². The average Bonchev–Trinajstić information content (AvgIpc) is 3.52. The summed E-state index contributed by atoms with van der Waals surface area (Å²) in [5.41, 5.74) is 1.49. The smallest absolute Gasteiger partial charge is 0.303 e. The highest BCUT2D eigenvalue weighted by Crippen LogP contribution is 2.31. The molecule has 0 radical (unpaired) electrons. The van der Waals surface area contributed by atoms with E-state index in [1.807, 2.05) is 24.3 Å². The Kier molecular flexibility index (Phi) is 4.56. The second-order valence-electron chi connectivity index (χ2n) is 7.14. The summed E-state index contributed by atoms with van der Waals surface area (Å²) in [5, 5.41) is 11.0. The fraction of sp³-hybridized carbons (Fsp3) is 0.300. The number of fused-ring (bicyclic) bond motifs is 1. The molecule has 144 valence electrons. The number of Topliss-reactive ketones (excluding diaryl/α,β-unsaturated/α-hetero) is 1. The number of ether oxygens (including phenoxy) is 1. The second kappa shape index (κ2) is 7.05. The van der Waals surface area contributed by atoms with Gasteiger partial charge in [-0.15, -0.1) is 0 Å². The minimum absolute atomic E-state index is 0.110. The maximum absolute atomic E-state index is 12.5. The molecule has 28 heavy (non-hydrogen) atoms. The SMILES string of the molecule is COc1ccc(C[NH+](CN2C(=O)C(=O)c3cc([N+](=O)[O-])ccc32)C2CC2)cc1. The molecular formula is C20H20N3O5+. The van der Waals surface area contributed by atoms with Gasteiger partial charge in [0.25, 0.3) is 11.5 Å². The molecule has 1 aliphatic carbocycles. The number of carbonyl (C=O) groups excluding carboxylic acids is 2. The summed E-state index contributed by atoms with van der Waals surface area (Å²) in [4.78, 5) is 37.9. The summed E-state index contributed by atoms with van der Waals surface area (Å²) >= 11 is 0. The first-order chi connectivity index (χ1) is 13.5. The highest BCUT2D eigenvalue weighted by molar-refractivity contribution is 6.52. The zero-order valence-electron chi connectivity index (χ0n) is 15.4. The molecule has 2 aromatic carbocycles. The minimum Gasteiger partial charge on any atom is -0.497 e. The van der Waals surface area contributed by atoms with E-state index >= 15 is 0 Å². The third-order valence-corrected chi connectivity index (χ3v) is 5.27. The molecule has 0 spiro atoms.